The molecule has 0 aliphatic carbocycles. The zero-order chi connectivity index (χ0) is 21.3. The minimum atomic E-state index is -3.29. The summed E-state index contributed by atoms with van der Waals surface area (Å²) < 4.78 is 25.7. The lowest BCUT2D eigenvalue weighted by molar-refractivity contribution is 0.0893. The van der Waals surface area contributed by atoms with E-state index in [1.165, 1.54) is 16.1 Å². The summed E-state index contributed by atoms with van der Waals surface area (Å²) in [5.74, 6) is 0.712. The Bertz CT molecular complexity index is 969. The van der Waals surface area contributed by atoms with Gasteiger partial charge < -0.3 is 10.0 Å². The van der Waals surface area contributed by atoms with Crippen LogP contribution in [0.15, 0.2) is 48.5 Å². The van der Waals surface area contributed by atoms with Gasteiger partial charge in [0.05, 0.1) is 18.0 Å². The largest absolute Gasteiger partial charge is 0.387 e. The average molecular weight is 429 g/mol. The van der Waals surface area contributed by atoms with Crippen LogP contribution in [0.2, 0.25) is 0 Å². The maximum Gasteiger partial charge on any atom is 0.232 e. The van der Waals surface area contributed by atoms with Crippen molar-refractivity contribution in [3.05, 3.63) is 65.2 Å². The first-order valence-corrected chi connectivity index (χ1v) is 12.7. The van der Waals surface area contributed by atoms with Crippen molar-refractivity contribution in [2.75, 3.05) is 30.2 Å². The van der Waals surface area contributed by atoms with Crippen molar-refractivity contribution in [3.63, 3.8) is 0 Å². The first kappa shape index (κ1) is 21.3. The van der Waals surface area contributed by atoms with Crippen molar-refractivity contribution in [1.29, 1.82) is 0 Å². The van der Waals surface area contributed by atoms with Gasteiger partial charge in [0.2, 0.25) is 10.0 Å². The molecule has 1 N–H and O–H groups in total. The highest BCUT2D eigenvalue weighted by Crippen LogP contribution is 2.36. The van der Waals surface area contributed by atoms with E-state index in [1.54, 1.807) is 0 Å². The van der Waals surface area contributed by atoms with Gasteiger partial charge in [0, 0.05) is 12.6 Å². The molecule has 2 aromatic carbocycles. The van der Waals surface area contributed by atoms with Crippen molar-refractivity contribution < 1.29 is 13.5 Å². The van der Waals surface area contributed by atoms with Gasteiger partial charge in [0.15, 0.2) is 0 Å². The van der Waals surface area contributed by atoms with Crippen molar-refractivity contribution in [2.45, 2.75) is 44.8 Å². The highest BCUT2D eigenvalue weighted by atomic mass is 32.2. The first-order valence-electron chi connectivity index (χ1n) is 10.9. The van der Waals surface area contributed by atoms with Gasteiger partial charge in [-0.05, 0) is 74.4 Å². The Morgan fingerprint density at radius 2 is 1.80 bits per heavy atom. The summed E-state index contributed by atoms with van der Waals surface area (Å²) >= 11 is 0. The summed E-state index contributed by atoms with van der Waals surface area (Å²) in [5, 5.41) is 10.8. The molecule has 2 heterocycles. The molecule has 1 fully saturated rings. The van der Waals surface area contributed by atoms with Crippen LogP contribution in [0, 0.1) is 5.92 Å². The maximum absolute atomic E-state index is 12.1. The van der Waals surface area contributed by atoms with E-state index in [-0.39, 0.29) is 6.04 Å². The van der Waals surface area contributed by atoms with Crippen LogP contribution in [0.3, 0.4) is 0 Å². The molecule has 2 aliphatic heterocycles. The highest BCUT2D eigenvalue weighted by molar-refractivity contribution is 7.92. The third-order valence-electron chi connectivity index (χ3n) is 6.50. The third-order valence-corrected chi connectivity index (χ3v) is 7.78. The van der Waals surface area contributed by atoms with Gasteiger partial charge >= 0.3 is 0 Å². The summed E-state index contributed by atoms with van der Waals surface area (Å²) in [6.07, 6.45) is 4.84. The molecule has 2 unspecified atom stereocenters. The number of benzene rings is 2. The fourth-order valence-corrected chi connectivity index (χ4v) is 6.27. The molecule has 4 rings (SSSR count). The Hall–Kier alpha value is -1.89. The molecule has 2 atom stereocenters. The Morgan fingerprint density at radius 1 is 1.10 bits per heavy atom. The van der Waals surface area contributed by atoms with Crippen molar-refractivity contribution in [3.8, 4) is 0 Å². The summed E-state index contributed by atoms with van der Waals surface area (Å²) in [4.78, 5) is 2.35. The molecule has 0 radical (unpaired) electrons. The molecule has 0 spiro atoms. The standard InChI is InChI=1S/C24H32N2O3S/c1-18-14-22-16-21(8-9-23(22)26(18)30(2,28)29)24(27)17-25-12-10-20(11-13-25)15-19-6-4-3-5-7-19/h3-9,16,18,20,24,27H,10-15,17H2,1-2H3. The van der Waals surface area contributed by atoms with E-state index in [0.717, 1.165) is 49.2 Å². The molecule has 0 aromatic heterocycles. The summed E-state index contributed by atoms with van der Waals surface area (Å²) in [6.45, 7) is 4.58. The number of rotatable bonds is 6. The number of aliphatic hydroxyl groups is 1. The first-order chi connectivity index (χ1) is 14.3. The summed E-state index contributed by atoms with van der Waals surface area (Å²) in [6, 6.07) is 16.3. The number of aliphatic hydroxyl groups excluding tert-OH is 1. The number of hydrogen-bond acceptors (Lipinski definition) is 4. The number of anilines is 1. The summed E-state index contributed by atoms with van der Waals surface area (Å²) in [7, 11) is -3.29. The number of fused-ring (bicyclic) bond motifs is 1. The van der Waals surface area contributed by atoms with E-state index in [4.69, 9.17) is 0 Å². The molecule has 1 saturated heterocycles. The van der Waals surface area contributed by atoms with Crippen LogP contribution in [0.4, 0.5) is 5.69 Å². The third kappa shape index (κ3) is 4.71. The SMILES string of the molecule is CC1Cc2cc(C(O)CN3CCC(Cc4ccccc4)CC3)ccc2N1S(C)(=O)=O. The smallest absolute Gasteiger partial charge is 0.232 e. The molecule has 6 heteroatoms. The zero-order valence-corrected chi connectivity index (χ0v) is 18.7. The van der Waals surface area contributed by atoms with Crippen molar-refractivity contribution in [2.24, 2.45) is 5.92 Å². The average Bonchev–Trinajstić information content (AvgIpc) is 3.05. The Balaban J connectivity index is 1.34. The van der Waals surface area contributed by atoms with E-state index < -0.39 is 16.1 Å². The van der Waals surface area contributed by atoms with E-state index in [1.807, 2.05) is 25.1 Å². The van der Waals surface area contributed by atoms with Crippen LogP contribution in [0.5, 0.6) is 0 Å². The molecule has 2 aliphatic rings. The predicted molar refractivity (Wildman–Crippen MR) is 121 cm³/mol. The predicted octanol–water partition coefficient (Wildman–Crippen LogP) is 3.39. The fourth-order valence-electron chi connectivity index (χ4n) is 5.01. The monoisotopic (exact) mass is 428 g/mol. The van der Waals surface area contributed by atoms with E-state index in [9.17, 15) is 13.5 Å². The maximum atomic E-state index is 12.1. The molecule has 5 nitrogen and oxygen atoms in total. The second kappa shape index (κ2) is 8.69. The highest BCUT2D eigenvalue weighted by Gasteiger charge is 2.33. The number of hydrogen-bond donors (Lipinski definition) is 1. The lowest BCUT2D eigenvalue weighted by atomic mass is 9.90. The minimum Gasteiger partial charge on any atom is -0.387 e. The second-order valence-corrected chi connectivity index (χ2v) is 10.8. The molecule has 30 heavy (non-hydrogen) atoms. The van der Waals surface area contributed by atoms with Crippen LogP contribution in [-0.2, 0) is 22.9 Å². The number of sulfonamides is 1. The van der Waals surface area contributed by atoms with Gasteiger partial charge in [0.1, 0.15) is 0 Å². The van der Waals surface area contributed by atoms with Gasteiger partial charge in [0.25, 0.3) is 0 Å². The number of nitrogens with zero attached hydrogens (tertiary/aromatic N) is 2. The number of piperidine rings is 1. The topological polar surface area (TPSA) is 60.9 Å². The van der Waals surface area contributed by atoms with E-state index >= 15 is 0 Å². The summed E-state index contributed by atoms with van der Waals surface area (Å²) in [5.41, 5.74) is 4.04. The van der Waals surface area contributed by atoms with Crippen LogP contribution >= 0.6 is 0 Å². The van der Waals surface area contributed by atoms with Crippen LogP contribution in [-0.4, -0.2) is 50.4 Å². The number of likely N-dealkylation sites (tertiary alicyclic amines) is 1. The van der Waals surface area contributed by atoms with Crippen LogP contribution in [0.25, 0.3) is 0 Å². The second-order valence-electron chi connectivity index (χ2n) is 8.95. The minimum absolute atomic E-state index is 0.0777. The normalized spacial score (nSPS) is 21.6. The van der Waals surface area contributed by atoms with Crippen LogP contribution < -0.4 is 4.31 Å². The Morgan fingerprint density at radius 3 is 2.47 bits per heavy atom. The van der Waals surface area contributed by atoms with Gasteiger partial charge in [-0.1, -0.05) is 42.5 Å². The quantitative estimate of drug-likeness (QED) is 0.766. The van der Waals surface area contributed by atoms with Crippen LogP contribution in [0.1, 0.15) is 42.6 Å². The lowest BCUT2D eigenvalue weighted by Gasteiger charge is -2.33. The molecule has 0 amide bonds. The van der Waals surface area contributed by atoms with Gasteiger partial charge in [-0.3, -0.25) is 4.31 Å². The number of β-amino-alcohol motifs (C(OH)–C–C–N with tert-alkyl or cyclic N) is 1. The molecule has 0 bridgehead atoms. The molecule has 2 aromatic rings. The van der Waals surface area contributed by atoms with Gasteiger partial charge in [-0.25, -0.2) is 8.42 Å². The van der Waals surface area contributed by atoms with E-state index in [2.05, 4.69) is 35.2 Å². The Kier molecular flexibility index (Phi) is 6.19. The molecular formula is C24H32N2O3S. The van der Waals surface area contributed by atoms with Gasteiger partial charge in [-0.2, -0.15) is 0 Å². The Labute approximate surface area is 180 Å². The molecule has 162 valence electrons. The molecule has 0 saturated carbocycles. The van der Waals surface area contributed by atoms with E-state index in [0.29, 0.717) is 18.9 Å². The van der Waals surface area contributed by atoms with Crippen molar-refractivity contribution in [1.82, 2.24) is 4.90 Å². The lowest BCUT2D eigenvalue weighted by Crippen LogP contribution is -2.37. The fraction of sp³-hybridized carbons (Fsp3) is 0.500. The van der Waals surface area contributed by atoms with Crippen molar-refractivity contribution >= 4 is 15.7 Å². The zero-order valence-electron chi connectivity index (χ0n) is 17.9. The van der Waals surface area contributed by atoms with Gasteiger partial charge in [-0.15, -0.1) is 0 Å². The molecular weight excluding hydrogens is 396 g/mol.